The summed E-state index contributed by atoms with van der Waals surface area (Å²) in [7, 11) is -2.51. The summed E-state index contributed by atoms with van der Waals surface area (Å²) in [5.41, 5.74) is 1.19. The summed E-state index contributed by atoms with van der Waals surface area (Å²) in [6.07, 6.45) is 3.82. The minimum atomic E-state index is -2.51. The fourth-order valence-corrected chi connectivity index (χ4v) is 10.3. The van der Waals surface area contributed by atoms with Crippen molar-refractivity contribution in [2.75, 3.05) is 13.2 Å². The molecule has 204 valence electrons. The molecule has 3 atom stereocenters. The summed E-state index contributed by atoms with van der Waals surface area (Å²) < 4.78 is 19.1. The molecule has 1 aliphatic rings. The molecule has 1 fully saturated rings. The highest BCUT2D eigenvalue weighted by molar-refractivity contribution is 6.99. The van der Waals surface area contributed by atoms with Gasteiger partial charge in [0.25, 0.3) is 8.32 Å². The zero-order valence-electron chi connectivity index (χ0n) is 23.2. The Balaban J connectivity index is 1.27. The second-order valence-electron chi connectivity index (χ2n) is 11.4. The Morgan fingerprint density at radius 2 is 1.34 bits per heavy atom. The van der Waals surface area contributed by atoms with Crippen molar-refractivity contribution < 1.29 is 19.0 Å². The van der Waals surface area contributed by atoms with Crippen LogP contribution in [0.4, 0.5) is 0 Å². The predicted molar refractivity (Wildman–Crippen MR) is 157 cm³/mol. The van der Waals surface area contributed by atoms with Crippen LogP contribution in [0.5, 0.6) is 0 Å². The maximum atomic E-state index is 10.6. The molecule has 1 saturated heterocycles. The average Bonchev–Trinajstić information content (AvgIpc) is 3.28. The summed E-state index contributed by atoms with van der Waals surface area (Å²) >= 11 is 0. The van der Waals surface area contributed by atoms with E-state index in [1.54, 1.807) is 0 Å². The fraction of sp³-hybridized carbons (Fsp3) is 0.455. The average molecular weight is 533 g/mol. The van der Waals surface area contributed by atoms with Gasteiger partial charge in [0, 0.05) is 19.6 Å². The lowest BCUT2D eigenvalue weighted by Crippen LogP contribution is -2.66. The summed E-state index contributed by atoms with van der Waals surface area (Å²) in [4.78, 5) is 0. The lowest BCUT2D eigenvalue weighted by molar-refractivity contribution is -0.00486. The van der Waals surface area contributed by atoms with Gasteiger partial charge >= 0.3 is 0 Å². The van der Waals surface area contributed by atoms with Crippen LogP contribution in [0.1, 0.15) is 58.4 Å². The van der Waals surface area contributed by atoms with E-state index in [1.807, 2.05) is 18.2 Å². The van der Waals surface area contributed by atoms with Gasteiger partial charge < -0.3 is 19.0 Å². The third-order valence-electron chi connectivity index (χ3n) is 7.60. The van der Waals surface area contributed by atoms with Crippen molar-refractivity contribution in [3.63, 3.8) is 0 Å². The lowest BCUT2D eigenvalue weighted by Gasteiger charge is -2.43. The van der Waals surface area contributed by atoms with Gasteiger partial charge in [-0.15, -0.1) is 0 Å². The topological polar surface area (TPSA) is 47.9 Å². The molecule has 0 aliphatic carbocycles. The van der Waals surface area contributed by atoms with Crippen LogP contribution in [-0.2, 0) is 20.5 Å². The molecule has 4 nitrogen and oxygen atoms in total. The number of aliphatic hydroxyl groups excluding tert-OH is 1. The number of rotatable bonds is 13. The van der Waals surface area contributed by atoms with Crippen LogP contribution < -0.4 is 10.4 Å². The van der Waals surface area contributed by atoms with E-state index in [0.29, 0.717) is 26.2 Å². The van der Waals surface area contributed by atoms with Crippen molar-refractivity contribution >= 4 is 18.7 Å². The quantitative estimate of drug-likeness (QED) is 0.221. The van der Waals surface area contributed by atoms with E-state index in [-0.39, 0.29) is 17.2 Å². The van der Waals surface area contributed by atoms with Crippen LogP contribution in [0, 0.1) is 0 Å². The van der Waals surface area contributed by atoms with Crippen LogP contribution in [-0.4, -0.2) is 44.9 Å². The van der Waals surface area contributed by atoms with Crippen molar-refractivity contribution in [3.05, 3.63) is 96.6 Å². The number of ether oxygens (including phenoxy) is 2. The maximum Gasteiger partial charge on any atom is 0.261 e. The van der Waals surface area contributed by atoms with Crippen LogP contribution in [0.15, 0.2) is 91.0 Å². The first-order valence-corrected chi connectivity index (χ1v) is 16.0. The molecule has 4 rings (SSSR count). The fourth-order valence-electron chi connectivity index (χ4n) is 5.71. The van der Waals surface area contributed by atoms with Gasteiger partial charge in [-0.25, -0.2) is 0 Å². The number of aliphatic hydroxyl groups is 1. The van der Waals surface area contributed by atoms with Crippen LogP contribution in [0.25, 0.3) is 0 Å². The molecule has 3 aromatic rings. The zero-order chi connectivity index (χ0) is 26.8. The van der Waals surface area contributed by atoms with Gasteiger partial charge in [-0.3, -0.25) is 0 Å². The predicted octanol–water partition coefficient (Wildman–Crippen LogP) is 5.86. The normalized spacial score (nSPS) is 20.1. The molecule has 1 N–H and O–H groups in total. The molecule has 0 spiro atoms. The molecule has 0 aromatic heterocycles. The molecule has 0 unspecified atom stereocenters. The molecule has 1 heterocycles. The molecule has 0 bridgehead atoms. The number of benzene rings is 3. The van der Waals surface area contributed by atoms with E-state index in [4.69, 9.17) is 13.9 Å². The standard InChI is InChI=1S/C33H44O4Si/c1-33(2,3)38(29-18-9-5-10-19-29,30-20-11-6-12-21-30)36-24-13-17-28-25-31(34)32(37-28)22-14-23-35-26-27-15-7-4-8-16-27/h4-12,15-16,18-21,28,31-32,34H,13-14,17,22-26H2,1-3H3/t28-,31-,32-/m0/s1. The second kappa shape index (κ2) is 13.7. The molecule has 0 saturated carbocycles. The Hall–Kier alpha value is -2.28. The zero-order valence-corrected chi connectivity index (χ0v) is 24.2. The van der Waals surface area contributed by atoms with E-state index < -0.39 is 14.4 Å². The van der Waals surface area contributed by atoms with Gasteiger partial charge in [0.15, 0.2) is 0 Å². The molecule has 5 heteroatoms. The van der Waals surface area contributed by atoms with Gasteiger partial charge in [-0.1, -0.05) is 112 Å². The van der Waals surface area contributed by atoms with Gasteiger partial charge in [-0.2, -0.15) is 0 Å². The first kappa shape index (κ1) is 28.7. The smallest absolute Gasteiger partial charge is 0.261 e. The Morgan fingerprint density at radius 3 is 1.92 bits per heavy atom. The van der Waals surface area contributed by atoms with Gasteiger partial charge in [-0.05, 0) is 46.7 Å². The van der Waals surface area contributed by atoms with Crippen molar-refractivity contribution in [2.24, 2.45) is 0 Å². The Morgan fingerprint density at radius 1 is 0.789 bits per heavy atom. The van der Waals surface area contributed by atoms with Crippen molar-refractivity contribution in [1.82, 2.24) is 0 Å². The van der Waals surface area contributed by atoms with Crippen molar-refractivity contribution in [3.8, 4) is 0 Å². The molecule has 1 aliphatic heterocycles. The highest BCUT2D eigenvalue weighted by atomic mass is 28.4. The monoisotopic (exact) mass is 532 g/mol. The largest absolute Gasteiger partial charge is 0.407 e. The lowest BCUT2D eigenvalue weighted by atomic mass is 10.1. The Labute approximate surface area is 230 Å². The number of hydrogen-bond acceptors (Lipinski definition) is 4. The van der Waals surface area contributed by atoms with Gasteiger partial charge in [0.2, 0.25) is 0 Å². The number of hydrogen-bond donors (Lipinski definition) is 1. The third-order valence-corrected chi connectivity index (χ3v) is 12.6. The highest BCUT2D eigenvalue weighted by Gasteiger charge is 2.50. The van der Waals surface area contributed by atoms with E-state index in [2.05, 4.69) is 93.6 Å². The summed E-state index contributed by atoms with van der Waals surface area (Å²) in [5, 5.41) is 13.2. The van der Waals surface area contributed by atoms with Crippen LogP contribution in [0.2, 0.25) is 5.04 Å². The van der Waals surface area contributed by atoms with E-state index >= 15 is 0 Å². The van der Waals surface area contributed by atoms with Crippen molar-refractivity contribution in [2.45, 2.75) is 82.8 Å². The Kier molecular flexibility index (Phi) is 10.3. The molecule has 3 aromatic carbocycles. The van der Waals surface area contributed by atoms with E-state index in [9.17, 15) is 5.11 Å². The Bertz CT molecular complexity index is 1030. The summed E-state index contributed by atoms with van der Waals surface area (Å²) in [6, 6.07) is 31.8. The van der Waals surface area contributed by atoms with E-state index in [0.717, 1.165) is 25.7 Å². The van der Waals surface area contributed by atoms with Crippen LogP contribution >= 0.6 is 0 Å². The first-order valence-electron chi connectivity index (χ1n) is 14.1. The summed E-state index contributed by atoms with van der Waals surface area (Å²) in [5.74, 6) is 0. The minimum absolute atomic E-state index is 0.0244. The summed E-state index contributed by atoms with van der Waals surface area (Å²) in [6.45, 7) is 8.92. The first-order chi connectivity index (χ1) is 18.4. The van der Waals surface area contributed by atoms with Crippen molar-refractivity contribution in [1.29, 1.82) is 0 Å². The second-order valence-corrected chi connectivity index (χ2v) is 15.7. The highest BCUT2D eigenvalue weighted by Crippen LogP contribution is 2.37. The maximum absolute atomic E-state index is 10.6. The minimum Gasteiger partial charge on any atom is -0.407 e. The van der Waals surface area contributed by atoms with Crippen LogP contribution in [0.3, 0.4) is 0 Å². The SMILES string of the molecule is CC(C)(C)[Si](OCCC[C@H]1C[C@H](O)[C@H](CCCOCc2ccccc2)O1)(c1ccccc1)c1ccccc1. The molecular formula is C33H44O4Si. The van der Waals surface area contributed by atoms with Gasteiger partial charge in [0.05, 0.1) is 24.9 Å². The molecule has 0 amide bonds. The van der Waals surface area contributed by atoms with Gasteiger partial charge in [0.1, 0.15) is 0 Å². The molecule has 0 radical (unpaired) electrons. The third kappa shape index (κ3) is 7.22. The van der Waals surface area contributed by atoms with E-state index in [1.165, 1.54) is 15.9 Å². The molecular weight excluding hydrogens is 488 g/mol. The molecule has 38 heavy (non-hydrogen) atoms.